The van der Waals surface area contributed by atoms with Gasteiger partial charge in [0, 0.05) is 19.6 Å². The molecule has 21 heavy (non-hydrogen) atoms. The molecule has 110 valence electrons. The Balaban J connectivity index is 2.07. The number of carboxylic acids is 1. The van der Waals surface area contributed by atoms with E-state index in [1.165, 1.54) is 18.2 Å². The van der Waals surface area contributed by atoms with E-state index in [1.807, 2.05) is 4.90 Å². The number of nitrogens with one attached hydrogen (secondary N) is 2. The zero-order valence-electron chi connectivity index (χ0n) is 11.4. The number of fused-ring (bicyclic) bond motifs is 1. The van der Waals surface area contributed by atoms with Gasteiger partial charge in [0.25, 0.3) is 5.56 Å². The quantitative estimate of drug-likeness (QED) is 0.741. The second kappa shape index (κ2) is 5.53. The van der Waals surface area contributed by atoms with Crippen molar-refractivity contribution < 1.29 is 9.90 Å². The lowest BCUT2D eigenvalue weighted by atomic mass is 10.1. The molecule has 1 aromatic heterocycles. The van der Waals surface area contributed by atoms with Crippen molar-refractivity contribution in [2.24, 2.45) is 0 Å². The fraction of sp³-hybridized carbons (Fsp3) is 0.357. The molecule has 3 rings (SSSR count). The Morgan fingerprint density at radius 2 is 2.14 bits per heavy atom. The Bertz CT molecular complexity index is 733. The molecule has 1 aliphatic heterocycles. The van der Waals surface area contributed by atoms with Crippen molar-refractivity contribution in [2.45, 2.75) is 6.42 Å². The molecule has 0 spiro atoms. The maximum absolute atomic E-state index is 12.1. The molecule has 0 amide bonds. The van der Waals surface area contributed by atoms with Gasteiger partial charge in [-0.3, -0.25) is 9.78 Å². The number of carboxylic acid groups (broad SMARTS) is 1. The third kappa shape index (κ3) is 2.73. The molecule has 0 aliphatic carbocycles. The largest absolute Gasteiger partial charge is 0.478 e. The number of nitrogens with zero attached hydrogens (tertiary/aromatic N) is 2. The van der Waals surface area contributed by atoms with E-state index in [9.17, 15) is 9.59 Å². The number of aromatic nitrogens is 2. The average molecular weight is 288 g/mol. The van der Waals surface area contributed by atoms with E-state index in [1.54, 1.807) is 0 Å². The topological polar surface area (TPSA) is 98.3 Å². The fourth-order valence-corrected chi connectivity index (χ4v) is 2.47. The van der Waals surface area contributed by atoms with Crippen LogP contribution in [-0.4, -0.2) is 47.2 Å². The predicted molar refractivity (Wildman–Crippen MR) is 79.0 cm³/mol. The number of aromatic amines is 1. The van der Waals surface area contributed by atoms with Crippen molar-refractivity contribution in [3.8, 4) is 0 Å². The summed E-state index contributed by atoms with van der Waals surface area (Å²) < 4.78 is 0. The highest BCUT2D eigenvalue weighted by molar-refractivity contribution is 5.93. The minimum atomic E-state index is -1.03. The van der Waals surface area contributed by atoms with Gasteiger partial charge in [0.15, 0.2) is 0 Å². The highest BCUT2D eigenvalue weighted by atomic mass is 16.4. The van der Waals surface area contributed by atoms with E-state index in [-0.39, 0.29) is 11.1 Å². The minimum Gasteiger partial charge on any atom is -0.478 e. The van der Waals surface area contributed by atoms with Gasteiger partial charge in [-0.15, -0.1) is 0 Å². The Hall–Kier alpha value is -2.41. The molecule has 2 heterocycles. The first-order valence-corrected chi connectivity index (χ1v) is 6.88. The van der Waals surface area contributed by atoms with E-state index in [0.717, 1.165) is 32.6 Å². The number of hydrogen-bond donors (Lipinski definition) is 3. The van der Waals surface area contributed by atoms with Crippen LogP contribution >= 0.6 is 0 Å². The maximum atomic E-state index is 12.1. The molecule has 1 aliphatic rings. The lowest BCUT2D eigenvalue weighted by Crippen LogP contribution is -2.31. The summed E-state index contributed by atoms with van der Waals surface area (Å²) in [6, 6.07) is 4.35. The van der Waals surface area contributed by atoms with Gasteiger partial charge in [-0.2, -0.15) is 0 Å². The van der Waals surface area contributed by atoms with Gasteiger partial charge in [0.05, 0.1) is 16.5 Å². The first-order chi connectivity index (χ1) is 10.1. The SMILES string of the molecule is O=C(O)c1ccc2c(=O)[nH]c(N3CCCNCC3)nc2c1. The van der Waals surface area contributed by atoms with Crippen LogP contribution in [-0.2, 0) is 0 Å². The minimum absolute atomic E-state index is 0.129. The van der Waals surface area contributed by atoms with Gasteiger partial charge < -0.3 is 15.3 Å². The van der Waals surface area contributed by atoms with Crippen LogP contribution in [0.4, 0.5) is 5.95 Å². The van der Waals surface area contributed by atoms with Crippen LogP contribution in [0, 0.1) is 0 Å². The van der Waals surface area contributed by atoms with Crippen LogP contribution in [0.25, 0.3) is 10.9 Å². The van der Waals surface area contributed by atoms with E-state index in [4.69, 9.17) is 5.11 Å². The molecular formula is C14H16N4O3. The van der Waals surface area contributed by atoms with Gasteiger partial charge in [0.2, 0.25) is 5.95 Å². The van der Waals surface area contributed by atoms with Crippen LogP contribution in [0.15, 0.2) is 23.0 Å². The first kappa shape index (κ1) is 13.6. The Kier molecular flexibility index (Phi) is 3.57. The molecule has 1 saturated heterocycles. The molecule has 1 aromatic carbocycles. The third-order valence-electron chi connectivity index (χ3n) is 3.58. The molecule has 0 radical (unpaired) electrons. The van der Waals surface area contributed by atoms with Crippen molar-refractivity contribution in [1.82, 2.24) is 15.3 Å². The summed E-state index contributed by atoms with van der Waals surface area (Å²) in [6.45, 7) is 3.33. The molecule has 2 aromatic rings. The number of rotatable bonds is 2. The maximum Gasteiger partial charge on any atom is 0.335 e. The van der Waals surface area contributed by atoms with Crippen LogP contribution in [0.2, 0.25) is 0 Å². The van der Waals surface area contributed by atoms with Gasteiger partial charge >= 0.3 is 5.97 Å². The summed E-state index contributed by atoms with van der Waals surface area (Å²) >= 11 is 0. The first-order valence-electron chi connectivity index (χ1n) is 6.88. The number of anilines is 1. The normalized spacial score (nSPS) is 15.9. The molecule has 0 saturated carbocycles. The molecule has 1 fully saturated rings. The zero-order valence-corrected chi connectivity index (χ0v) is 11.4. The van der Waals surface area contributed by atoms with Gasteiger partial charge in [0.1, 0.15) is 0 Å². The van der Waals surface area contributed by atoms with Crippen molar-refractivity contribution in [2.75, 3.05) is 31.1 Å². The Labute approximate surface area is 120 Å². The van der Waals surface area contributed by atoms with Crippen molar-refractivity contribution in [1.29, 1.82) is 0 Å². The van der Waals surface area contributed by atoms with Crippen molar-refractivity contribution in [3.05, 3.63) is 34.1 Å². The Morgan fingerprint density at radius 1 is 1.29 bits per heavy atom. The summed E-state index contributed by atoms with van der Waals surface area (Å²) in [5, 5.41) is 12.7. The molecule has 7 heteroatoms. The van der Waals surface area contributed by atoms with Crippen LogP contribution in [0.5, 0.6) is 0 Å². The van der Waals surface area contributed by atoms with E-state index in [2.05, 4.69) is 15.3 Å². The molecule has 0 bridgehead atoms. The van der Waals surface area contributed by atoms with Crippen molar-refractivity contribution in [3.63, 3.8) is 0 Å². The monoisotopic (exact) mass is 288 g/mol. The summed E-state index contributed by atoms with van der Waals surface area (Å²) in [6.07, 6.45) is 0.969. The van der Waals surface area contributed by atoms with E-state index >= 15 is 0 Å². The highest BCUT2D eigenvalue weighted by Gasteiger charge is 2.14. The second-order valence-corrected chi connectivity index (χ2v) is 5.02. The summed E-state index contributed by atoms with van der Waals surface area (Å²) in [5.41, 5.74) is 0.291. The molecule has 3 N–H and O–H groups in total. The summed E-state index contributed by atoms with van der Waals surface area (Å²) in [4.78, 5) is 32.4. The molecule has 0 unspecified atom stereocenters. The lowest BCUT2D eigenvalue weighted by Gasteiger charge is -2.20. The van der Waals surface area contributed by atoms with E-state index < -0.39 is 5.97 Å². The number of aromatic carboxylic acids is 1. The standard InChI is InChI=1S/C14H16N4O3/c19-12-10-3-2-9(13(20)21)8-11(10)16-14(17-12)18-6-1-4-15-5-7-18/h2-3,8,15H,1,4-7H2,(H,20,21)(H,16,17,19). The third-order valence-corrected chi connectivity index (χ3v) is 3.58. The van der Waals surface area contributed by atoms with Crippen molar-refractivity contribution >= 4 is 22.8 Å². The number of carbonyl (C=O) groups is 1. The van der Waals surface area contributed by atoms with Gasteiger partial charge in [-0.05, 0) is 31.2 Å². The van der Waals surface area contributed by atoms with Crippen LogP contribution in [0.3, 0.4) is 0 Å². The van der Waals surface area contributed by atoms with Crippen LogP contribution in [0.1, 0.15) is 16.8 Å². The lowest BCUT2D eigenvalue weighted by molar-refractivity contribution is 0.0697. The number of benzene rings is 1. The summed E-state index contributed by atoms with van der Waals surface area (Å²) in [7, 11) is 0. The Morgan fingerprint density at radius 3 is 2.95 bits per heavy atom. The van der Waals surface area contributed by atoms with Crippen LogP contribution < -0.4 is 15.8 Å². The molecule has 0 atom stereocenters. The number of hydrogen-bond acceptors (Lipinski definition) is 5. The second-order valence-electron chi connectivity index (χ2n) is 5.02. The fourth-order valence-electron chi connectivity index (χ4n) is 2.47. The highest BCUT2D eigenvalue weighted by Crippen LogP contribution is 2.14. The van der Waals surface area contributed by atoms with E-state index in [0.29, 0.717) is 16.9 Å². The average Bonchev–Trinajstić information content (AvgIpc) is 2.75. The smallest absolute Gasteiger partial charge is 0.335 e. The zero-order chi connectivity index (χ0) is 14.8. The number of H-pyrrole nitrogens is 1. The molecular weight excluding hydrogens is 272 g/mol. The predicted octanol–water partition coefficient (Wildman–Crippen LogP) is 0.421. The summed E-state index contributed by atoms with van der Waals surface area (Å²) in [5.74, 6) is -0.529. The van der Waals surface area contributed by atoms with Gasteiger partial charge in [-0.1, -0.05) is 0 Å². The molecule has 7 nitrogen and oxygen atoms in total. The van der Waals surface area contributed by atoms with Gasteiger partial charge in [-0.25, -0.2) is 9.78 Å².